The number of nitrogens with one attached hydrogen (secondary N) is 1. The molecule has 1 N–H and O–H groups in total. The predicted molar refractivity (Wildman–Crippen MR) is 87.1 cm³/mol. The van der Waals surface area contributed by atoms with Crippen LogP contribution in [0.3, 0.4) is 0 Å². The number of anilines is 1. The number of hydrogen-bond acceptors (Lipinski definition) is 2. The smallest absolute Gasteiger partial charge is 0.128 e. The van der Waals surface area contributed by atoms with Crippen LogP contribution in [0, 0.1) is 5.82 Å². The summed E-state index contributed by atoms with van der Waals surface area (Å²) in [4.78, 5) is 2.13. The molecule has 0 heterocycles. The summed E-state index contributed by atoms with van der Waals surface area (Å²) in [7, 11) is 3.96. The van der Waals surface area contributed by atoms with E-state index >= 15 is 0 Å². The second-order valence-electron chi connectivity index (χ2n) is 5.38. The largest absolute Gasteiger partial charge is 0.367 e. The fourth-order valence-corrected chi connectivity index (χ4v) is 2.56. The van der Waals surface area contributed by atoms with Gasteiger partial charge in [0.05, 0.1) is 6.04 Å². The highest BCUT2D eigenvalue weighted by atomic mass is 19.1. The van der Waals surface area contributed by atoms with Crippen LogP contribution in [0.25, 0.3) is 0 Å². The molecule has 2 aromatic rings. The molecular weight excluding hydrogens is 263 g/mol. The van der Waals surface area contributed by atoms with Crippen molar-refractivity contribution in [2.45, 2.75) is 25.9 Å². The lowest BCUT2D eigenvalue weighted by atomic mass is 10.0. The molecule has 0 fully saturated rings. The first-order valence-electron chi connectivity index (χ1n) is 7.29. The standard InChI is InChI=1S/C18H23FN2/c1-13(20-3)15-9-6-8-12-18(15)21(4)14(2)16-10-5-7-11-17(16)19/h5-14,20H,1-4H3. The number of hydrogen-bond donors (Lipinski definition) is 1. The third kappa shape index (κ3) is 3.24. The molecule has 2 unspecified atom stereocenters. The Balaban J connectivity index is 2.36. The van der Waals surface area contributed by atoms with Gasteiger partial charge in [-0.1, -0.05) is 36.4 Å². The Morgan fingerprint density at radius 2 is 1.52 bits per heavy atom. The lowest BCUT2D eigenvalue weighted by molar-refractivity contribution is 0.583. The zero-order valence-electron chi connectivity index (χ0n) is 13.1. The number of rotatable bonds is 5. The molecule has 112 valence electrons. The second kappa shape index (κ2) is 6.72. The van der Waals surface area contributed by atoms with Gasteiger partial charge in [0.1, 0.15) is 5.82 Å². The first-order valence-corrected chi connectivity index (χ1v) is 7.29. The van der Waals surface area contributed by atoms with Crippen molar-refractivity contribution < 1.29 is 4.39 Å². The molecule has 3 heteroatoms. The molecule has 0 aliphatic carbocycles. The average Bonchev–Trinajstić information content (AvgIpc) is 2.53. The van der Waals surface area contributed by atoms with E-state index in [1.807, 2.05) is 45.3 Å². The van der Waals surface area contributed by atoms with Crippen LogP contribution in [-0.4, -0.2) is 14.1 Å². The fraction of sp³-hybridized carbons (Fsp3) is 0.333. The average molecular weight is 286 g/mol. The Kier molecular flexibility index (Phi) is 4.97. The summed E-state index contributed by atoms with van der Waals surface area (Å²) in [6.07, 6.45) is 0. The summed E-state index contributed by atoms with van der Waals surface area (Å²) in [5, 5.41) is 3.27. The normalized spacial score (nSPS) is 13.8. The van der Waals surface area contributed by atoms with Crippen LogP contribution in [-0.2, 0) is 0 Å². The van der Waals surface area contributed by atoms with Gasteiger partial charge in [-0.15, -0.1) is 0 Å². The van der Waals surface area contributed by atoms with Gasteiger partial charge in [0.25, 0.3) is 0 Å². The van der Waals surface area contributed by atoms with Gasteiger partial charge in [0.2, 0.25) is 0 Å². The van der Waals surface area contributed by atoms with E-state index in [-0.39, 0.29) is 17.9 Å². The molecule has 0 amide bonds. The van der Waals surface area contributed by atoms with E-state index in [0.29, 0.717) is 5.56 Å². The highest BCUT2D eigenvalue weighted by Gasteiger charge is 2.19. The maximum Gasteiger partial charge on any atom is 0.128 e. The van der Waals surface area contributed by atoms with Gasteiger partial charge in [-0.2, -0.15) is 0 Å². The van der Waals surface area contributed by atoms with Crippen LogP contribution in [0.15, 0.2) is 48.5 Å². The second-order valence-corrected chi connectivity index (χ2v) is 5.38. The topological polar surface area (TPSA) is 15.3 Å². The SMILES string of the molecule is CNC(C)c1ccccc1N(C)C(C)c1ccccc1F. The van der Waals surface area contributed by atoms with Crippen LogP contribution in [0.4, 0.5) is 10.1 Å². The number of nitrogens with zero attached hydrogens (tertiary/aromatic N) is 1. The van der Waals surface area contributed by atoms with E-state index in [9.17, 15) is 4.39 Å². The monoisotopic (exact) mass is 286 g/mol. The van der Waals surface area contributed by atoms with Gasteiger partial charge in [-0.25, -0.2) is 4.39 Å². The van der Waals surface area contributed by atoms with Gasteiger partial charge < -0.3 is 10.2 Å². The van der Waals surface area contributed by atoms with Gasteiger partial charge in [0.15, 0.2) is 0 Å². The van der Waals surface area contributed by atoms with Crippen molar-refractivity contribution in [3.8, 4) is 0 Å². The molecule has 2 atom stereocenters. The fourth-order valence-electron chi connectivity index (χ4n) is 2.56. The van der Waals surface area contributed by atoms with Crippen molar-refractivity contribution >= 4 is 5.69 Å². The Morgan fingerprint density at radius 3 is 2.14 bits per heavy atom. The van der Waals surface area contributed by atoms with Crippen molar-refractivity contribution in [1.82, 2.24) is 5.32 Å². The Morgan fingerprint density at radius 1 is 0.952 bits per heavy atom. The molecule has 0 radical (unpaired) electrons. The number of para-hydroxylation sites is 1. The summed E-state index contributed by atoms with van der Waals surface area (Å²) < 4.78 is 14.0. The van der Waals surface area contributed by atoms with Crippen LogP contribution in [0.1, 0.15) is 37.1 Å². The molecule has 0 aliphatic rings. The maximum atomic E-state index is 14.0. The van der Waals surface area contributed by atoms with E-state index in [2.05, 4.69) is 29.3 Å². The summed E-state index contributed by atoms with van der Waals surface area (Å²) in [6, 6.07) is 15.4. The summed E-state index contributed by atoms with van der Waals surface area (Å²) in [5.41, 5.74) is 3.05. The number of halogens is 1. The highest BCUT2D eigenvalue weighted by Crippen LogP contribution is 2.32. The molecule has 0 saturated heterocycles. The zero-order chi connectivity index (χ0) is 15.4. The van der Waals surface area contributed by atoms with Crippen LogP contribution in [0.2, 0.25) is 0 Å². The van der Waals surface area contributed by atoms with E-state index in [0.717, 1.165) is 5.69 Å². The van der Waals surface area contributed by atoms with Crippen LogP contribution < -0.4 is 10.2 Å². The molecule has 2 rings (SSSR count). The molecular formula is C18H23FN2. The van der Waals surface area contributed by atoms with Crippen LogP contribution >= 0.6 is 0 Å². The Labute approximate surface area is 126 Å². The van der Waals surface area contributed by atoms with Gasteiger partial charge in [-0.05, 0) is 38.6 Å². The quantitative estimate of drug-likeness (QED) is 0.881. The van der Waals surface area contributed by atoms with Crippen molar-refractivity contribution in [2.75, 3.05) is 19.0 Å². The third-order valence-electron chi connectivity index (χ3n) is 4.15. The van der Waals surface area contributed by atoms with E-state index < -0.39 is 0 Å². The summed E-state index contributed by atoms with van der Waals surface area (Å²) in [5.74, 6) is -0.156. The van der Waals surface area contributed by atoms with Gasteiger partial charge in [0, 0.05) is 24.3 Å². The molecule has 0 aromatic heterocycles. The lowest BCUT2D eigenvalue weighted by Gasteiger charge is -2.31. The molecule has 0 spiro atoms. The Bertz CT molecular complexity index is 597. The minimum Gasteiger partial charge on any atom is -0.367 e. The Hall–Kier alpha value is -1.87. The van der Waals surface area contributed by atoms with E-state index in [1.54, 1.807) is 6.07 Å². The molecule has 0 bridgehead atoms. The molecule has 2 nitrogen and oxygen atoms in total. The minimum atomic E-state index is -0.156. The zero-order valence-corrected chi connectivity index (χ0v) is 13.1. The molecule has 2 aromatic carbocycles. The lowest BCUT2D eigenvalue weighted by Crippen LogP contribution is -2.25. The van der Waals surface area contributed by atoms with E-state index in [1.165, 1.54) is 11.6 Å². The molecule has 0 aliphatic heterocycles. The van der Waals surface area contributed by atoms with Gasteiger partial charge >= 0.3 is 0 Å². The van der Waals surface area contributed by atoms with Gasteiger partial charge in [-0.3, -0.25) is 0 Å². The molecule has 21 heavy (non-hydrogen) atoms. The number of benzene rings is 2. The maximum absolute atomic E-state index is 14.0. The first-order chi connectivity index (χ1) is 10.1. The van der Waals surface area contributed by atoms with E-state index in [4.69, 9.17) is 0 Å². The highest BCUT2D eigenvalue weighted by molar-refractivity contribution is 5.56. The van der Waals surface area contributed by atoms with Crippen LogP contribution in [0.5, 0.6) is 0 Å². The summed E-state index contributed by atoms with van der Waals surface area (Å²) >= 11 is 0. The van der Waals surface area contributed by atoms with Crippen molar-refractivity contribution in [2.24, 2.45) is 0 Å². The van der Waals surface area contributed by atoms with Crippen molar-refractivity contribution in [3.05, 3.63) is 65.5 Å². The molecule has 0 saturated carbocycles. The summed E-state index contributed by atoms with van der Waals surface area (Å²) in [6.45, 7) is 4.15. The minimum absolute atomic E-state index is 0.0311. The van der Waals surface area contributed by atoms with Crippen molar-refractivity contribution in [3.63, 3.8) is 0 Å². The van der Waals surface area contributed by atoms with Crippen molar-refractivity contribution in [1.29, 1.82) is 0 Å². The third-order valence-corrected chi connectivity index (χ3v) is 4.15. The first kappa shape index (κ1) is 15.5. The predicted octanol–water partition coefficient (Wildman–Crippen LogP) is 4.30.